The first-order chi connectivity index (χ1) is 16.9. The number of methoxy groups -OCH3 is 1. The maximum atomic E-state index is 13.8. The largest absolute Gasteiger partial charge is 0.497 e. The SMILES string of the molecule is CCCNC(=O)[C@H]1COC2(CCN(C(=O)c3ccc(Cl)cc3)CC2)N1C(=O)c1cccc(OC)c1. The van der Waals surface area contributed by atoms with Crippen LogP contribution in [-0.2, 0) is 9.53 Å². The molecule has 2 heterocycles. The molecule has 0 saturated carbocycles. The summed E-state index contributed by atoms with van der Waals surface area (Å²) in [6.45, 7) is 3.39. The molecule has 2 aliphatic rings. The molecule has 0 unspecified atom stereocenters. The Hall–Kier alpha value is -3.10. The number of amides is 3. The molecule has 8 nitrogen and oxygen atoms in total. The average molecular weight is 500 g/mol. The van der Waals surface area contributed by atoms with Gasteiger partial charge in [-0.25, -0.2) is 0 Å². The summed E-state index contributed by atoms with van der Waals surface area (Å²) in [7, 11) is 1.54. The third-order valence-electron chi connectivity index (χ3n) is 6.57. The number of piperidine rings is 1. The highest BCUT2D eigenvalue weighted by Gasteiger charge is 2.54. The van der Waals surface area contributed by atoms with Crippen molar-refractivity contribution in [3.8, 4) is 5.75 Å². The Labute approximate surface area is 210 Å². The fraction of sp³-hybridized carbons (Fsp3) is 0.423. The normalized spacial score (nSPS) is 19.0. The van der Waals surface area contributed by atoms with E-state index in [1.54, 1.807) is 65.4 Å². The highest BCUT2D eigenvalue weighted by atomic mass is 35.5. The Balaban J connectivity index is 1.57. The zero-order valence-corrected chi connectivity index (χ0v) is 20.7. The van der Waals surface area contributed by atoms with Gasteiger partial charge in [-0.3, -0.25) is 19.3 Å². The van der Waals surface area contributed by atoms with Crippen molar-refractivity contribution in [1.29, 1.82) is 0 Å². The van der Waals surface area contributed by atoms with Gasteiger partial charge in [0.15, 0.2) is 0 Å². The van der Waals surface area contributed by atoms with Gasteiger partial charge < -0.3 is 19.7 Å². The van der Waals surface area contributed by atoms with Crippen LogP contribution in [0.3, 0.4) is 0 Å². The molecule has 0 radical (unpaired) electrons. The number of likely N-dealkylation sites (tertiary alicyclic amines) is 1. The molecule has 4 rings (SSSR count). The molecule has 2 fully saturated rings. The molecule has 2 aromatic rings. The molecule has 35 heavy (non-hydrogen) atoms. The molecule has 0 aromatic heterocycles. The number of hydrogen-bond donors (Lipinski definition) is 1. The molecule has 1 N–H and O–H groups in total. The van der Waals surface area contributed by atoms with E-state index in [9.17, 15) is 14.4 Å². The van der Waals surface area contributed by atoms with Gasteiger partial charge in [0, 0.05) is 48.6 Å². The third-order valence-corrected chi connectivity index (χ3v) is 6.82. The van der Waals surface area contributed by atoms with Gasteiger partial charge in [-0.2, -0.15) is 0 Å². The smallest absolute Gasteiger partial charge is 0.257 e. The van der Waals surface area contributed by atoms with Gasteiger partial charge in [0.1, 0.15) is 17.5 Å². The standard InChI is InChI=1S/C26H30ClN3O5/c1-3-13-28-23(31)22-17-35-26(30(22)25(33)19-5-4-6-21(16-19)34-2)11-14-29(15-12-26)24(32)18-7-9-20(27)10-8-18/h4-10,16,22H,3,11-15,17H2,1-2H3,(H,28,31)/t22-/m1/s1. The van der Waals surface area contributed by atoms with Crippen LogP contribution in [0, 0.1) is 0 Å². The molecule has 2 aliphatic heterocycles. The first-order valence-electron chi connectivity index (χ1n) is 11.8. The maximum Gasteiger partial charge on any atom is 0.257 e. The Bertz CT molecular complexity index is 1080. The number of nitrogens with one attached hydrogen (secondary N) is 1. The lowest BCUT2D eigenvalue weighted by molar-refractivity contribution is -0.128. The van der Waals surface area contributed by atoms with Crippen LogP contribution in [0.25, 0.3) is 0 Å². The summed E-state index contributed by atoms with van der Waals surface area (Å²) in [4.78, 5) is 43.1. The molecule has 186 valence electrons. The van der Waals surface area contributed by atoms with Gasteiger partial charge in [0.05, 0.1) is 13.7 Å². The second kappa shape index (κ2) is 10.7. The number of carbonyl (C=O) groups is 3. The minimum absolute atomic E-state index is 0.0996. The molecular formula is C26H30ClN3O5. The van der Waals surface area contributed by atoms with E-state index >= 15 is 0 Å². The lowest BCUT2D eigenvalue weighted by Crippen LogP contribution is -2.59. The first-order valence-corrected chi connectivity index (χ1v) is 12.2. The highest BCUT2D eigenvalue weighted by molar-refractivity contribution is 6.30. The van der Waals surface area contributed by atoms with Crippen molar-refractivity contribution in [3.63, 3.8) is 0 Å². The predicted octanol–water partition coefficient (Wildman–Crippen LogP) is 3.35. The topological polar surface area (TPSA) is 88.2 Å². The van der Waals surface area contributed by atoms with Crippen LogP contribution in [0.1, 0.15) is 46.9 Å². The van der Waals surface area contributed by atoms with Crippen molar-refractivity contribution in [2.24, 2.45) is 0 Å². The second-order valence-electron chi connectivity index (χ2n) is 8.77. The number of hydrogen-bond acceptors (Lipinski definition) is 5. The molecular weight excluding hydrogens is 470 g/mol. The van der Waals surface area contributed by atoms with Crippen LogP contribution in [-0.4, -0.2) is 72.6 Å². The summed E-state index contributed by atoms with van der Waals surface area (Å²) in [6.07, 6.45) is 1.59. The molecule has 3 amide bonds. The average Bonchev–Trinajstić information content (AvgIpc) is 3.25. The summed E-state index contributed by atoms with van der Waals surface area (Å²) in [5.41, 5.74) is 0.00605. The van der Waals surface area contributed by atoms with Crippen molar-refractivity contribution in [2.75, 3.05) is 33.4 Å². The third kappa shape index (κ3) is 5.13. The van der Waals surface area contributed by atoms with Crippen molar-refractivity contribution in [1.82, 2.24) is 15.1 Å². The summed E-state index contributed by atoms with van der Waals surface area (Å²) in [6, 6.07) is 12.9. The minimum Gasteiger partial charge on any atom is -0.497 e. The van der Waals surface area contributed by atoms with Crippen LogP contribution >= 0.6 is 11.6 Å². The van der Waals surface area contributed by atoms with E-state index in [0.717, 1.165) is 6.42 Å². The highest BCUT2D eigenvalue weighted by Crippen LogP contribution is 2.39. The number of rotatable bonds is 6. The number of carbonyl (C=O) groups excluding carboxylic acids is 3. The molecule has 0 bridgehead atoms. The lowest BCUT2D eigenvalue weighted by Gasteiger charge is -2.44. The summed E-state index contributed by atoms with van der Waals surface area (Å²) in [5.74, 6) is -0.0760. The summed E-state index contributed by atoms with van der Waals surface area (Å²) in [5, 5.41) is 3.46. The quantitative estimate of drug-likeness (QED) is 0.658. The van der Waals surface area contributed by atoms with Crippen molar-refractivity contribution < 1.29 is 23.9 Å². The van der Waals surface area contributed by atoms with E-state index in [4.69, 9.17) is 21.1 Å². The fourth-order valence-electron chi connectivity index (χ4n) is 4.66. The van der Waals surface area contributed by atoms with E-state index in [0.29, 0.717) is 54.4 Å². The van der Waals surface area contributed by atoms with Crippen LogP contribution in [0.4, 0.5) is 0 Å². The lowest BCUT2D eigenvalue weighted by atomic mass is 9.96. The van der Waals surface area contributed by atoms with Crippen molar-refractivity contribution in [2.45, 2.75) is 38.0 Å². The summed E-state index contributed by atoms with van der Waals surface area (Å²) >= 11 is 5.95. The Kier molecular flexibility index (Phi) is 7.62. The Morgan fingerprint density at radius 2 is 1.80 bits per heavy atom. The summed E-state index contributed by atoms with van der Waals surface area (Å²) < 4.78 is 11.5. The van der Waals surface area contributed by atoms with E-state index in [1.165, 1.54) is 0 Å². The number of benzene rings is 2. The Morgan fingerprint density at radius 1 is 1.09 bits per heavy atom. The van der Waals surface area contributed by atoms with Crippen LogP contribution in [0.15, 0.2) is 48.5 Å². The monoisotopic (exact) mass is 499 g/mol. The molecule has 1 spiro atoms. The van der Waals surface area contributed by atoms with Crippen molar-refractivity contribution in [3.05, 3.63) is 64.7 Å². The minimum atomic E-state index is -0.967. The van der Waals surface area contributed by atoms with E-state index in [1.807, 2.05) is 6.92 Å². The maximum absolute atomic E-state index is 13.8. The second-order valence-corrected chi connectivity index (χ2v) is 9.21. The molecule has 2 aromatic carbocycles. The molecule has 9 heteroatoms. The van der Waals surface area contributed by atoms with Crippen molar-refractivity contribution >= 4 is 29.3 Å². The number of ether oxygens (including phenoxy) is 2. The van der Waals surface area contributed by atoms with Gasteiger partial charge in [-0.1, -0.05) is 24.6 Å². The molecule has 0 aliphatic carbocycles. The first kappa shape index (κ1) is 25.0. The van der Waals surface area contributed by atoms with Gasteiger partial charge in [-0.15, -0.1) is 0 Å². The van der Waals surface area contributed by atoms with Gasteiger partial charge in [-0.05, 0) is 48.9 Å². The van der Waals surface area contributed by atoms with Gasteiger partial charge >= 0.3 is 0 Å². The van der Waals surface area contributed by atoms with Gasteiger partial charge in [0.2, 0.25) is 5.91 Å². The zero-order chi connectivity index (χ0) is 25.0. The Morgan fingerprint density at radius 3 is 2.46 bits per heavy atom. The fourth-order valence-corrected chi connectivity index (χ4v) is 4.79. The van der Waals surface area contributed by atoms with Gasteiger partial charge in [0.25, 0.3) is 11.8 Å². The zero-order valence-electron chi connectivity index (χ0n) is 20.0. The van der Waals surface area contributed by atoms with E-state index in [2.05, 4.69) is 5.32 Å². The van der Waals surface area contributed by atoms with Crippen LogP contribution < -0.4 is 10.1 Å². The number of halogens is 1. The van der Waals surface area contributed by atoms with E-state index < -0.39 is 11.8 Å². The van der Waals surface area contributed by atoms with E-state index in [-0.39, 0.29) is 24.3 Å². The van der Waals surface area contributed by atoms with Crippen LogP contribution in [0.2, 0.25) is 5.02 Å². The predicted molar refractivity (Wildman–Crippen MR) is 132 cm³/mol. The molecule has 2 saturated heterocycles. The van der Waals surface area contributed by atoms with Crippen LogP contribution in [0.5, 0.6) is 5.75 Å². The number of nitrogens with zero attached hydrogens (tertiary/aromatic N) is 2. The molecule has 1 atom stereocenters.